The van der Waals surface area contributed by atoms with Gasteiger partial charge in [-0.1, -0.05) is 19.3 Å². The molecule has 2 aliphatic rings. The van der Waals surface area contributed by atoms with Gasteiger partial charge in [0.2, 0.25) is 5.91 Å². The van der Waals surface area contributed by atoms with E-state index in [-0.39, 0.29) is 5.54 Å². The van der Waals surface area contributed by atoms with Crippen LogP contribution in [0.5, 0.6) is 0 Å². The first kappa shape index (κ1) is 11.9. The largest absolute Gasteiger partial charge is 0.343 e. The van der Waals surface area contributed by atoms with Crippen molar-refractivity contribution in [3.63, 3.8) is 0 Å². The molecule has 1 amide bonds. The summed E-state index contributed by atoms with van der Waals surface area (Å²) in [5.74, 6) is 0.295. The number of carbonyl (C=O) groups is 1. The van der Waals surface area contributed by atoms with Gasteiger partial charge in [-0.05, 0) is 32.1 Å². The van der Waals surface area contributed by atoms with E-state index in [0.29, 0.717) is 12.3 Å². The minimum atomic E-state index is -0.153. The third-order valence-electron chi connectivity index (χ3n) is 4.06. The number of likely N-dealkylation sites (tertiary alicyclic amines) is 1. The van der Waals surface area contributed by atoms with Gasteiger partial charge < -0.3 is 10.6 Å². The third-order valence-corrected chi connectivity index (χ3v) is 4.06. The molecule has 1 aliphatic carbocycles. The molecule has 0 bridgehead atoms. The highest BCUT2D eigenvalue weighted by Gasteiger charge is 2.35. The summed E-state index contributed by atoms with van der Waals surface area (Å²) in [4.78, 5) is 14.2. The molecular formula is C13H24N2O. The van der Waals surface area contributed by atoms with Gasteiger partial charge in [-0.25, -0.2) is 0 Å². The van der Waals surface area contributed by atoms with Crippen molar-refractivity contribution in [3.05, 3.63) is 0 Å². The smallest absolute Gasteiger partial charge is 0.224 e. The molecule has 92 valence electrons. The zero-order chi connectivity index (χ0) is 11.4. The van der Waals surface area contributed by atoms with Gasteiger partial charge >= 0.3 is 0 Å². The predicted octanol–water partition coefficient (Wildman–Crippen LogP) is 2.05. The minimum Gasteiger partial charge on any atom is -0.343 e. The number of hydrogen-bond acceptors (Lipinski definition) is 2. The fourth-order valence-electron chi connectivity index (χ4n) is 2.72. The van der Waals surface area contributed by atoms with Crippen LogP contribution in [-0.2, 0) is 4.79 Å². The summed E-state index contributed by atoms with van der Waals surface area (Å²) >= 11 is 0. The lowest BCUT2D eigenvalue weighted by molar-refractivity contribution is -0.133. The van der Waals surface area contributed by atoms with Gasteiger partial charge in [0.05, 0.1) is 0 Å². The third kappa shape index (κ3) is 2.97. The van der Waals surface area contributed by atoms with Gasteiger partial charge in [-0.15, -0.1) is 0 Å². The highest BCUT2D eigenvalue weighted by molar-refractivity contribution is 5.77. The lowest BCUT2D eigenvalue weighted by Crippen LogP contribution is -2.50. The second-order valence-electron chi connectivity index (χ2n) is 5.54. The molecule has 0 aromatic heterocycles. The molecule has 2 rings (SSSR count). The maximum absolute atomic E-state index is 12.1. The van der Waals surface area contributed by atoms with E-state index in [0.717, 1.165) is 25.9 Å². The monoisotopic (exact) mass is 224 g/mol. The highest BCUT2D eigenvalue weighted by Crippen LogP contribution is 2.32. The average molecular weight is 224 g/mol. The van der Waals surface area contributed by atoms with E-state index in [2.05, 4.69) is 0 Å². The van der Waals surface area contributed by atoms with Crippen LogP contribution in [0.15, 0.2) is 0 Å². The van der Waals surface area contributed by atoms with E-state index in [4.69, 9.17) is 5.73 Å². The summed E-state index contributed by atoms with van der Waals surface area (Å²) in [6.07, 6.45) is 10.1. The Morgan fingerprint density at radius 2 is 1.56 bits per heavy atom. The molecule has 1 saturated carbocycles. The molecule has 16 heavy (non-hydrogen) atoms. The lowest BCUT2D eigenvalue weighted by Gasteiger charge is -2.39. The van der Waals surface area contributed by atoms with Crippen molar-refractivity contribution in [1.82, 2.24) is 4.90 Å². The lowest BCUT2D eigenvalue weighted by atomic mass is 9.75. The van der Waals surface area contributed by atoms with Crippen molar-refractivity contribution in [3.8, 4) is 0 Å². The van der Waals surface area contributed by atoms with Gasteiger partial charge in [0.1, 0.15) is 0 Å². The number of hydrogen-bond donors (Lipinski definition) is 1. The minimum absolute atomic E-state index is 0.153. The van der Waals surface area contributed by atoms with Crippen LogP contribution in [0.3, 0.4) is 0 Å². The Bertz CT molecular complexity index is 240. The number of carbonyl (C=O) groups excluding carboxylic acids is 1. The molecule has 2 N–H and O–H groups in total. The molecule has 3 heteroatoms. The van der Waals surface area contributed by atoms with Gasteiger partial charge in [-0.3, -0.25) is 4.79 Å². The van der Waals surface area contributed by atoms with Crippen LogP contribution in [0.25, 0.3) is 0 Å². The van der Waals surface area contributed by atoms with Gasteiger partial charge in [0.15, 0.2) is 0 Å². The summed E-state index contributed by atoms with van der Waals surface area (Å²) < 4.78 is 0. The van der Waals surface area contributed by atoms with Crippen molar-refractivity contribution in [1.29, 1.82) is 0 Å². The molecule has 0 aromatic carbocycles. The summed E-state index contributed by atoms with van der Waals surface area (Å²) in [6.45, 7) is 1.91. The van der Waals surface area contributed by atoms with Gasteiger partial charge in [0.25, 0.3) is 0 Å². The Hall–Kier alpha value is -0.570. The SMILES string of the molecule is NC1(CC(=O)N2CCCCCCC2)CCC1. The average Bonchev–Trinajstić information content (AvgIpc) is 2.14. The second-order valence-corrected chi connectivity index (χ2v) is 5.54. The molecule has 0 spiro atoms. The molecule has 0 radical (unpaired) electrons. The molecule has 3 nitrogen and oxygen atoms in total. The molecule has 0 atom stereocenters. The van der Waals surface area contributed by atoms with E-state index in [1.54, 1.807) is 0 Å². The zero-order valence-corrected chi connectivity index (χ0v) is 10.2. The van der Waals surface area contributed by atoms with Crippen LogP contribution in [0.2, 0.25) is 0 Å². The molecule has 2 fully saturated rings. The highest BCUT2D eigenvalue weighted by atomic mass is 16.2. The molecule has 1 saturated heterocycles. The summed E-state index contributed by atoms with van der Waals surface area (Å²) in [6, 6.07) is 0. The molecule has 0 unspecified atom stereocenters. The Kier molecular flexibility index (Phi) is 3.85. The quantitative estimate of drug-likeness (QED) is 0.780. The van der Waals surface area contributed by atoms with Crippen molar-refractivity contribution in [2.24, 2.45) is 5.73 Å². The van der Waals surface area contributed by atoms with Crippen molar-refractivity contribution in [2.45, 2.75) is 63.3 Å². The summed E-state index contributed by atoms with van der Waals surface area (Å²) in [5, 5.41) is 0. The van der Waals surface area contributed by atoms with Gasteiger partial charge in [0, 0.05) is 25.0 Å². The normalized spacial score (nSPS) is 25.4. The molecule has 1 aliphatic heterocycles. The first-order valence-electron chi connectivity index (χ1n) is 6.76. The van der Waals surface area contributed by atoms with E-state index < -0.39 is 0 Å². The number of amides is 1. The maximum Gasteiger partial charge on any atom is 0.224 e. The first-order chi connectivity index (χ1) is 7.70. The number of rotatable bonds is 2. The van der Waals surface area contributed by atoms with Crippen LogP contribution >= 0.6 is 0 Å². The molecule has 0 aromatic rings. The summed E-state index contributed by atoms with van der Waals surface area (Å²) in [7, 11) is 0. The molecular weight excluding hydrogens is 200 g/mol. The van der Waals surface area contributed by atoms with Crippen LogP contribution in [-0.4, -0.2) is 29.4 Å². The first-order valence-corrected chi connectivity index (χ1v) is 6.76. The Balaban J connectivity index is 1.81. The van der Waals surface area contributed by atoms with Crippen molar-refractivity contribution >= 4 is 5.91 Å². The zero-order valence-electron chi connectivity index (χ0n) is 10.2. The Labute approximate surface area is 98.4 Å². The fourth-order valence-corrected chi connectivity index (χ4v) is 2.72. The van der Waals surface area contributed by atoms with Crippen molar-refractivity contribution in [2.75, 3.05) is 13.1 Å². The Morgan fingerprint density at radius 1 is 1.00 bits per heavy atom. The van der Waals surface area contributed by atoms with Crippen LogP contribution < -0.4 is 5.73 Å². The van der Waals surface area contributed by atoms with E-state index in [9.17, 15) is 4.79 Å². The Morgan fingerprint density at radius 3 is 2.06 bits per heavy atom. The van der Waals surface area contributed by atoms with Crippen LogP contribution in [0.4, 0.5) is 0 Å². The van der Waals surface area contributed by atoms with Crippen LogP contribution in [0, 0.1) is 0 Å². The molecule has 1 heterocycles. The predicted molar refractivity (Wildman–Crippen MR) is 65.1 cm³/mol. The maximum atomic E-state index is 12.1. The summed E-state index contributed by atoms with van der Waals surface area (Å²) in [5.41, 5.74) is 5.98. The fraction of sp³-hybridized carbons (Fsp3) is 0.923. The van der Waals surface area contributed by atoms with E-state index >= 15 is 0 Å². The van der Waals surface area contributed by atoms with E-state index in [1.165, 1.54) is 38.5 Å². The van der Waals surface area contributed by atoms with Crippen molar-refractivity contribution < 1.29 is 4.79 Å². The second kappa shape index (κ2) is 5.17. The topological polar surface area (TPSA) is 46.3 Å². The number of nitrogens with zero attached hydrogens (tertiary/aromatic N) is 1. The van der Waals surface area contributed by atoms with E-state index in [1.807, 2.05) is 4.90 Å². The van der Waals surface area contributed by atoms with Gasteiger partial charge in [-0.2, -0.15) is 0 Å². The van der Waals surface area contributed by atoms with Crippen LogP contribution in [0.1, 0.15) is 57.8 Å². The number of nitrogens with two attached hydrogens (primary N) is 1. The standard InChI is InChI=1S/C13H24N2O/c14-13(7-6-8-13)11-12(16)15-9-4-2-1-3-5-10-15/h1-11,14H2.